The standard InChI is InChI=1S/C11H23NO2/c1-2-12(6-3-7-13)10-11-4-8-14-9-5-11/h11,13H,2-10H2,1H3. The number of ether oxygens (including phenoxy) is 1. The van der Waals surface area contributed by atoms with Crippen LogP contribution in [0.5, 0.6) is 0 Å². The fraction of sp³-hybridized carbons (Fsp3) is 1.00. The lowest BCUT2D eigenvalue weighted by Gasteiger charge is -2.28. The molecule has 1 heterocycles. The van der Waals surface area contributed by atoms with E-state index >= 15 is 0 Å². The van der Waals surface area contributed by atoms with Crippen LogP contribution in [0, 0.1) is 5.92 Å². The second-order valence-electron chi connectivity index (χ2n) is 4.03. The molecule has 0 amide bonds. The Balaban J connectivity index is 2.16. The molecular formula is C11H23NO2. The van der Waals surface area contributed by atoms with Gasteiger partial charge in [-0.15, -0.1) is 0 Å². The second kappa shape index (κ2) is 7.21. The molecule has 3 nitrogen and oxygen atoms in total. The van der Waals surface area contributed by atoms with Gasteiger partial charge in [-0.05, 0) is 31.7 Å². The molecule has 1 saturated heterocycles. The van der Waals surface area contributed by atoms with Crippen molar-refractivity contribution in [2.45, 2.75) is 26.2 Å². The average molecular weight is 201 g/mol. The predicted octanol–water partition coefficient (Wildman–Crippen LogP) is 1.12. The van der Waals surface area contributed by atoms with E-state index in [2.05, 4.69) is 11.8 Å². The van der Waals surface area contributed by atoms with Crippen LogP contribution >= 0.6 is 0 Å². The van der Waals surface area contributed by atoms with Gasteiger partial charge in [0.05, 0.1) is 0 Å². The summed E-state index contributed by atoms with van der Waals surface area (Å²) < 4.78 is 5.34. The summed E-state index contributed by atoms with van der Waals surface area (Å²) in [5.41, 5.74) is 0. The highest BCUT2D eigenvalue weighted by Crippen LogP contribution is 2.15. The quantitative estimate of drug-likeness (QED) is 0.699. The van der Waals surface area contributed by atoms with Crippen molar-refractivity contribution in [2.75, 3.05) is 39.5 Å². The van der Waals surface area contributed by atoms with Gasteiger partial charge in [-0.25, -0.2) is 0 Å². The maximum atomic E-state index is 8.77. The van der Waals surface area contributed by atoms with Crippen LogP contribution in [0.25, 0.3) is 0 Å². The smallest absolute Gasteiger partial charge is 0.0469 e. The van der Waals surface area contributed by atoms with Crippen molar-refractivity contribution in [3.8, 4) is 0 Å². The number of hydrogen-bond acceptors (Lipinski definition) is 3. The summed E-state index contributed by atoms with van der Waals surface area (Å²) in [5.74, 6) is 0.808. The van der Waals surface area contributed by atoms with E-state index in [1.165, 1.54) is 19.4 Å². The lowest BCUT2D eigenvalue weighted by molar-refractivity contribution is 0.0523. The molecule has 84 valence electrons. The van der Waals surface area contributed by atoms with Gasteiger partial charge < -0.3 is 14.7 Å². The Bertz CT molecular complexity index is 135. The van der Waals surface area contributed by atoms with Gasteiger partial charge in [-0.1, -0.05) is 6.92 Å². The normalized spacial score (nSPS) is 19.1. The monoisotopic (exact) mass is 201 g/mol. The Hall–Kier alpha value is -0.120. The number of rotatable bonds is 6. The molecule has 0 aromatic rings. The molecule has 0 bridgehead atoms. The molecule has 0 saturated carbocycles. The highest BCUT2D eigenvalue weighted by Gasteiger charge is 2.16. The molecular weight excluding hydrogens is 178 g/mol. The van der Waals surface area contributed by atoms with E-state index in [0.29, 0.717) is 6.61 Å². The SMILES string of the molecule is CCN(CCCO)CC1CCOCC1. The summed E-state index contributed by atoms with van der Waals surface area (Å²) in [6, 6.07) is 0. The van der Waals surface area contributed by atoms with E-state index in [1.807, 2.05) is 0 Å². The summed E-state index contributed by atoms with van der Waals surface area (Å²) >= 11 is 0. The Morgan fingerprint density at radius 2 is 2.07 bits per heavy atom. The van der Waals surface area contributed by atoms with Crippen molar-refractivity contribution in [3.63, 3.8) is 0 Å². The van der Waals surface area contributed by atoms with Crippen LogP contribution in [-0.2, 0) is 4.74 Å². The Morgan fingerprint density at radius 1 is 1.36 bits per heavy atom. The summed E-state index contributed by atoms with van der Waals surface area (Å²) in [6.45, 7) is 7.67. The first-order valence-electron chi connectivity index (χ1n) is 5.77. The minimum atomic E-state index is 0.310. The molecule has 1 aliphatic rings. The molecule has 0 unspecified atom stereocenters. The van der Waals surface area contributed by atoms with Crippen molar-refractivity contribution in [3.05, 3.63) is 0 Å². The molecule has 0 aromatic heterocycles. The molecule has 3 heteroatoms. The van der Waals surface area contributed by atoms with Gasteiger partial charge in [-0.3, -0.25) is 0 Å². The lowest BCUT2D eigenvalue weighted by Crippen LogP contribution is -2.33. The summed E-state index contributed by atoms with van der Waals surface area (Å²) in [4.78, 5) is 2.44. The van der Waals surface area contributed by atoms with Crippen LogP contribution in [0.4, 0.5) is 0 Å². The van der Waals surface area contributed by atoms with E-state index in [1.54, 1.807) is 0 Å². The maximum absolute atomic E-state index is 8.77. The van der Waals surface area contributed by atoms with Crippen LogP contribution in [0.15, 0.2) is 0 Å². The first-order chi connectivity index (χ1) is 6.86. The molecule has 1 fully saturated rings. The van der Waals surface area contributed by atoms with Crippen molar-refractivity contribution in [1.82, 2.24) is 4.90 Å². The number of aliphatic hydroxyl groups excluding tert-OH is 1. The molecule has 14 heavy (non-hydrogen) atoms. The fourth-order valence-electron chi connectivity index (χ4n) is 1.97. The van der Waals surface area contributed by atoms with Gasteiger partial charge in [0.15, 0.2) is 0 Å². The summed E-state index contributed by atoms with van der Waals surface area (Å²) in [5, 5.41) is 8.77. The predicted molar refractivity (Wildman–Crippen MR) is 57.4 cm³/mol. The van der Waals surface area contributed by atoms with E-state index < -0.39 is 0 Å². The molecule has 0 spiro atoms. The molecule has 0 atom stereocenters. The molecule has 1 N–H and O–H groups in total. The van der Waals surface area contributed by atoms with Gasteiger partial charge in [0.2, 0.25) is 0 Å². The second-order valence-corrected chi connectivity index (χ2v) is 4.03. The number of hydrogen-bond donors (Lipinski definition) is 1. The molecule has 1 rings (SSSR count). The first kappa shape index (κ1) is 12.0. The van der Waals surface area contributed by atoms with E-state index in [-0.39, 0.29) is 0 Å². The fourth-order valence-corrected chi connectivity index (χ4v) is 1.97. The highest BCUT2D eigenvalue weighted by molar-refractivity contribution is 4.68. The number of nitrogens with zero attached hydrogens (tertiary/aromatic N) is 1. The van der Waals surface area contributed by atoms with E-state index in [9.17, 15) is 0 Å². The third-order valence-electron chi connectivity index (χ3n) is 2.94. The Labute approximate surface area is 87.1 Å². The lowest BCUT2D eigenvalue weighted by atomic mass is 9.99. The summed E-state index contributed by atoms with van der Waals surface area (Å²) in [6.07, 6.45) is 3.31. The third-order valence-corrected chi connectivity index (χ3v) is 2.94. The van der Waals surface area contributed by atoms with Gasteiger partial charge in [0, 0.05) is 32.9 Å². The van der Waals surface area contributed by atoms with Gasteiger partial charge in [-0.2, -0.15) is 0 Å². The molecule has 0 aliphatic carbocycles. The molecule has 0 aromatic carbocycles. The zero-order valence-electron chi connectivity index (χ0n) is 9.24. The van der Waals surface area contributed by atoms with Crippen molar-refractivity contribution in [2.24, 2.45) is 5.92 Å². The van der Waals surface area contributed by atoms with Crippen molar-refractivity contribution in [1.29, 1.82) is 0 Å². The molecule has 0 radical (unpaired) electrons. The van der Waals surface area contributed by atoms with Gasteiger partial charge in [0.1, 0.15) is 0 Å². The third kappa shape index (κ3) is 4.40. The number of aliphatic hydroxyl groups is 1. The van der Waals surface area contributed by atoms with Crippen LogP contribution in [-0.4, -0.2) is 49.5 Å². The van der Waals surface area contributed by atoms with Crippen LogP contribution in [0.3, 0.4) is 0 Å². The zero-order valence-corrected chi connectivity index (χ0v) is 9.24. The van der Waals surface area contributed by atoms with E-state index in [4.69, 9.17) is 9.84 Å². The van der Waals surface area contributed by atoms with Gasteiger partial charge >= 0.3 is 0 Å². The Morgan fingerprint density at radius 3 is 2.64 bits per heavy atom. The van der Waals surface area contributed by atoms with Crippen molar-refractivity contribution >= 4 is 0 Å². The Kier molecular flexibility index (Phi) is 6.15. The van der Waals surface area contributed by atoms with Crippen LogP contribution in [0.2, 0.25) is 0 Å². The largest absolute Gasteiger partial charge is 0.396 e. The van der Waals surface area contributed by atoms with Crippen molar-refractivity contribution < 1.29 is 9.84 Å². The van der Waals surface area contributed by atoms with Crippen LogP contribution in [0.1, 0.15) is 26.2 Å². The molecule has 1 aliphatic heterocycles. The minimum Gasteiger partial charge on any atom is -0.396 e. The topological polar surface area (TPSA) is 32.7 Å². The zero-order chi connectivity index (χ0) is 10.2. The maximum Gasteiger partial charge on any atom is 0.0469 e. The minimum absolute atomic E-state index is 0.310. The van der Waals surface area contributed by atoms with Crippen LogP contribution < -0.4 is 0 Å². The average Bonchev–Trinajstić information content (AvgIpc) is 2.25. The highest BCUT2D eigenvalue weighted by atomic mass is 16.5. The first-order valence-corrected chi connectivity index (χ1v) is 5.77. The van der Waals surface area contributed by atoms with Gasteiger partial charge in [0.25, 0.3) is 0 Å². The summed E-state index contributed by atoms with van der Waals surface area (Å²) in [7, 11) is 0. The van der Waals surface area contributed by atoms with E-state index in [0.717, 1.165) is 38.6 Å².